The van der Waals surface area contributed by atoms with Crippen LogP contribution in [0.15, 0.2) is 77.0 Å². The fourth-order valence-electron chi connectivity index (χ4n) is 3.27. The van der Waals surface area contributed by atoms with Crippen molar-refractivity contribution in [1.82, 2.24) is 10.4 Å². The first-order valence-corrected chi connectivity index (χ1v) is 11.3. The number of hydrogen-bond acceptors (Lipinski definition) is 4. The van der Waals surface area contributed by atoms with Crippen LogP contribution in [0, 0.1) is 18.7 Å². The van der Waals surface area contributed by atoms with E-state index in [4.69, 9.17) is 4.99 Å². The number of hydrogen-bond donors (Lipinski definition) is 1. The second-order valence-corrected chi connectivity index (χ2v) is 8.56. The summed E-state index contributed by atoms with van der Waals surface area (Å²) in [5.74, 6) is 1.25. The minimum Gasteiger partial charge on any atom is -0.370 e. The molecule has 0 saturated carbocycles. The molecule has 0 bridgehead atoms. The Morgan fingerprint density at radius 1 is 1.21 bits per heavy atom. The zero-order valence-electron chi connectivity index (χ0n) is 20.6. The summed E-state index contributed by atoms with van der Waals surface area (Å²) in [7, 11) is 2.00. The predicted octanol–water partition coefficient (Wildman–Crippen LogP) is 6.75. The van der Waals surface area contributed by atoms with E-state index in [1.54, 1.807) is 29.7 Å². The van der Waals surface area contributed by atoms with Crippen LogP contribution in [0.3, 0.4) is 0 Å². The van der Waals surface area contributed by atoms with E-state index in [0.717, 1.165) is 40.5 Å². The lowest BCUT2D eigenvalue weighted by Crippen LogP contribution is -2.38. The molecule has 33 heavy (non-hydrogen) atoms. The highest BCUT2D eigenvalue weighted by Gasteiger charge is 2.16. The molecule has 3 rings (SSSR count). The third-order valence-corrected chi connectivity index (χ3v) is 4.59. The number of nitrogens with zero attached hydrogens (tertiary/aromatic N) is 4. The standard InChI is InChI=1S/C23H26FN5.C4H10/c1-5-8-22-23(25-16-26-29(22)6-2)27-20-11-12-21(17(3)13-20)28(4)15-18-9-7-10-19(24)14-18;1-4(2)3/h6-14,16H,2,5,15H2,1,3-4H3,(H,25,26,27);4H,1-3H3/b22-8+;. The van der Waals surface area contributed by atoms with Crippen molar-refractivity contribution in [3.63, 3.8) is 0 Å². The maximum absolute atomic E-state index is 13.5. The molecule has 176 valence electrons. The molecule has 0 fully saturated rings. The molecule has 0 atom stereocenters. The maximum Gasteiger partial charge on any atom is 0.179 e. The Balaban J connectivity index is 0.000000890. The van der Waals surface area contributed by atoms with E-state index < -0.39 is 0 Å². The van der Waals surface area contributed by atoms with Gasteiger partial charge in [-0.2, -0.15) is 0 Å². The molecule has 0 aromatic heterocycles. The number of anilines is 1. The van der Waals surface area contributed by atoms with E-state index in [9.17, 15) is 4.39 Å². The van der Waals surface area contributed by atoms with Gasteiger partial charge in [-0.15, -0.1) is 0 Å². The summed E-state index contributed by atoms with van der Waals surface area (Å²) in [6, 6.07) is 12.7. The van der Waals surface area contributed by atoms with Crippen LogP contribution in [0.2, 0.25) is 0 Å². The first-order chi connectivity index (χ1) is 15.7. The molecule has 5 nitrogen and oxygen atoms in total. The highest BCUT2D eigenvalue weighted by Crippen LogP contribution is 2.27. The first kappa shape index (κ1) is 25.8. The number of hydrazine groups is 1. The van der Waals surface area contributed by atoms with Crippen molar-refractivity contribution in [3.8, 4) is 0 Å². The van der Waals surface area contributed by atoms with Gasteiger partial charge in [0.05, 0.1) is 5.69 Å². The monoisotopic (exact) mass is 449 g/mol. The zero-order chi connectivity index (χ0) is 24.4. The molecular weight excluding hydrogens is 413 g/mol. The second kappa shape index (κ2) is 12.6. The van der Waals surface area contributed by atoms with Gasteiger partial charge in [0, 0.05) is 25.5 Å². The van der Waals surface area contributed by atoms with Gasteiger partial charge >= 0.3 is 0 Å². The lowest BCUT2D eigenvalue weighted by atomic mass is 10.1. The van der Waals surface area contributed by atoms with Gasteiger partial charge in [-0.05, 0) is 60.7 Å². The van der Waals surface area contributed by atoms with Crippen molar-refractivity contribution >= 4 is 23.5 Å². The molecule has 2 aromatic carbocycles. The Kier molecular flexibility index (Phi) is 9.85. The molecule has 0 amide bonds. The fourth-order valence-corrected chi connectivity index (χ4v) is 3.27. The number of aliphatic imine (C=N–C) groups is 2. The van der Waals surface area contributed by atoms with Gasteiger partial charge in [0.15, 0.2) is 5.84 Å². The van der Waals surface area contributed by atoms with E-state index in [1.165, 1.54) is 6.07 Å². The van der Waals surface area contributed by atoms with Crippen LogP contribution < -0.4 is 10.3 Å². The molecule has 1 aliphatic heterocycles. The summed E-state index contributed by atoms with van der Waals surface area (Å²) >= 11 is 0. The number of rotatable bonds is 6. The molecule has 0 spiro atoms. The van der Waals surface area contributed by atoms with Crippen molar-refractivity contribution in [3.05, 3.63) is 84.0 Å². The summed E-state index contributed by atoms with van der Waals surface area (Å²) in [5, 5.41) is 1.79. The SMILES string of the molecule is C=CN1NC=NC(=Nc2ccc(N(C)Cc3cccc(F)c3)c(C)c2)/C1=C\CC.CC(C)C. The van der Waals surface area contributed by atoms with Crippen molar-refractivity contribution in [1.29, 1.82) is 0 Å². The van der Waals surface area contributed by atoms with Gasteiger partial charge in [0.1, 0.15) is 17.9 Å². The van der Waals surface area contributed by atoms with Crippen molar-refractivity contribution in [2.75, 3.05) is 11.9 Å². The molecule has 0 radical (unpaired) electrons. The predicted molar refractivity (Wildman–Crippen MR) is 139 cm³/mol. The molecule has 0 aliphatic carbocycles. The average Bonchev–Trinajstić information content (AvgIpc) is 2.74. The number of halogens is 1. The molecule has 0 unspecified atom stereocenters. The first-order valence-electron chi connectivity index (χ1n) is 11.3. The Morgan fingerprint density at radius 3 is 2.55 bits per heavy atom. The van der Waals surface area contributed by atoms with E-state index in [0.29, 0.717) is 12.4 Å². The Labute approximate surface area is 198 Å². The van der Waals surface area contributed by atoms with Crippen LogP contribution in [0.4, 0.5) is 15.8 Å². The molecular formula is C27H36FN5. The van der Waals surface area contributed by atoms with Gasteiger partial charge < -0.3 is 4.90 Å². The topological polar surface area (TPSA) is 43.2 Å². The molecule has 0 saturated heterocycles. The van der Waals surface area contributed by atoms with Crippen LogP contribution >= 0.6 is 0 Å². The Morgan fingerprint density at radius 2 is 1.94 bits per heavy atom. The molecule has 1 aliphatic rings. The normalized spacial score (nSPS) is 15.3. The van der Waals surface area contributed by atoms with Crippen LogP contribution in [0.1, 0.15) is 45.2 Å². The lowest BCUT2D eigenvalue weighted by molar-refractivity contribution is 0.437. The number of benzene rings is 2. The second-order valence-electron chi connectivity index (χ2n) is 8.56. The maximum atomic E-state index is 13.5. The third kappa shape index (κ3) is 7.90. The number of amidine groups is 1. The quantitative estimate of drug-likeness (QED) is 0.530. The van der Waals surface area contributed by atoms with Crippen LogP contribution in [0.5, 0.6) is 0 Å². The summed E-state index contributed by atoms with van der Waals surface area (Å²) in [4.78, 5) is 11.2. The van der Waals surface area contributed by atoms with Crippen LogP contribution in [0.25, 0.3) is 0 Å². The number of aryl methyl sites for hydroxylation is 1. The molecule has 2 aromatic rings. The fraction of sp³-hybridized carbons (Fsp3) is 0.333. The van der Waals surface area contributed by atoms with Gasteiger partial charge in [0.2, 0.25) is 0 Å². The zero-order valence-corrected chi connectivity index (χ0v) is 20.6. The van der Waals surface area contributed by atoms with Gasteiger partial charge in [-0.25, -0.2) is 14.4 Å². The van der Waals surface area contributed by atoms with Gasteiger partial charge in [-0.3, -0.25) is 10.4 Å². The number of allylic oxidation sites excluding steroid dienone is 1. The van der Waals surface area contributed by atoms with Gasteiger partial charge in [-0.1, -0.05) is 52.5 Å². The highest BCUT2D eigenvalue weighted by atomic mass is 19.1. The lowest BCUT2D eigenvalue weighted by Gasteiger charge is -2.26. The molecule has 1 heterocycles. The van der Waals surface area contributed by atoms with Crippen LogP contribution in [-0.4, -0.2) is 24.2 Å². The van der Waals surface area contributed by atoms with Gasteiger partial charge in [0.25, 0.3) is 0 Å². The molecule has 6 heteroatoms. The van der Waals surface area contributed by atoms with E-state index in [1.807, 2.05) is 38.2 Å². The minimum absolute atomic E-state index is 0.217. The van der Waals surface area contributed by atoms with Crippen molar-refractivity contribution in [2.45, 2.75) is 47.6 Å². The largest absolute Gasteiger partial charge is 0.370 e. The Hall–Kier alpha value is -3.41. The molecule has 1 N–H and O–H groups in total. The van der Waals surface area contributed by atoms with E-state index in [2.05, 4.69) is 55.7 Å². The van der Waals surface area contributed by atoms with E-state index in [-0.39, 0.29) is 5.82 Å². The third-order valence-electron chi connectivity index (χ3n) is 4.59. The number of nitrogens with one attached hydrogen (secondary N) is 1. The summed E-state index contributed by atoms with van der Waals surface area (Å²) in [6.45, 7) is 15.1. The average molecular weight is 450 g/mol. The van der Waals surface area contributed by atoms with Crippen molar-refractivity contribution < 1.29 is 4.39 Å². The van der Waals surface area contributed by atoms with E-state index >= 15 is 0 Å². The highest BCUT2D eigenvalue weighted by molar-refractivity contribution is 6.04. The summed E-state index contributed by atoms with van der Waals surface area (Å²) < 4.78 is 13.5. The van der Waals surface area contributed by atoms with Crippen LogP contribution in [-0.2, 0) is 6.54 Å². The minimum atomic E-state index is -0.217. The summed E-state index contributed by atoms with van der Waals surface area (Å²) in [5.41, 5.74) is 7.81. The smallest absolute Gasteiger partial charge is 0.179 e. The summed E-state index contributed by atoms with van der Waals surface area (Å²) in [6.07, 6.45) is 6.20. The Bertz CT molecular complexity index is 1020. The van der Waals surface area contributed by atoms with Crippen molar-refractivity contribution in [2.24, 2.45) is 15.9 Å².